The van der Waals surface area contributed by atoms with Gasteiger partial charge in [0.25, 0.3) is 10.1 Å². The smallest absolute Gasteiger partial charge is 0.283 e. The Morgan fingerprint density at radius 1 is 0.724 bits per heavy atom. The van der Waals surface area contributed by atoms with Gasteiger partial charge in [-0.05, 0) is 41.5 Å². The predicted molar refractivity (Wildman–Crippen MR) is 114 cm³/mol. The number of hydrogen-bond donors (Lipinski definition) is 3. The Kier molecular flexibility index (Phi) is 5.98. The van der Waals surface area contributed by atoms with Gasteiger partial charge in [-0.15, -0.1) is 0 Å². The minimum atomic E-state index is -5.06. The Labute approximate surface area is 186 Å². The quantitative estimate of drug-likeness (QED) is 0.182. The first-order valence-corrected chi connectivity index (χ1v) is 10.8. The van der Waals surface area contributed by atoms with Crippen LogP contribution in [0.4, 0.5) is 0 Å². The zero-order valence-corrected chi connectivity index (χ0v) is 18.1. The summed E-state index contributed by atoms with van der Waals surface area (Å²) in [5.74, 6) is -0.532. The van der Waals surface area contributed by atoms with E-state index >= 15 is 0 Å². The highest BCUT2D eigenvalue weighted by atomic mass is 35.5. The van der Waals surface area contributed by atoms with Crippen molar-refractivity contribution in [1.82, 2.24) is 0 Å². The largest absolute Gasteiger partial charge is 0.508 e. The molecule has 3 aromatic rings. The molecule has 0 aliphatic heterocycles. The topological polar surface area (TPSA) is 94.8 Å². The van der Waals surface area contributed by atoms with Crippen molar-refractivity contribution in [3.05, 3.63) is 91.4 Å². The van der Waals surface area contributed by atoms with Gasteiger partial charge in [0.1, 0.15) is 11.5 Å². The monoisotopic (exact) mass is 492 g/mol. The number of rotatable bonds is 4. The normalized spacial score (nSPS) is 12.2. The first-order valence-electron chi connectivity index (χ1n) is 7.89. The molecule has 0 amide bonds. The number of phenols is 2. The van der Waals surface area contributed by atoms with E-state index in [0.717, 1.165) is 12.1 Å². The van der Waals surface area contributed by atoms with Crippen molar-refractivity contribution in [2.24, 2.45) is 0 Å². The van der Waals surface area contributed by atoms with Crippen molar-refractivity contribution >= 4 is 56.5 Å². The molecule has 3 rings (SSSR count). The Morgan fingerprint density at radius 3 is 1.62 bits per heavy atom. The lowest BCUT2D eigenvalue weighted by Crippen LogP contribution is -2.38. The number of aromatic hydroxyl groups is 2. The molecular formula is C19H12Cl4O5S. The number of halogens is 4. The molecule has 5 nitrogen and oxygen atoms in total. The summed E-state index contributed by atoms with van der Waals surface area (Å²) in [5, 5.41) is 19.3. The summed E-state index contributed by atoms with van der Waals surface area (Å²) in [7, 11) is -5.06. The van der Waals surface area contributed by atoms with Crippen LogP contribution >= 0.6 is 46.4 Å². The predicted octanol–water partition coefficient (Wildman–Crippen LogP) is 5.89. The van der Waals surface area contributed by atoms with Crippen LogP contribution in [0.15, 0.2) is 54.6 Å². The lowest BCUT2D eigenvalue weighted by Gasteiger charge is -2.33. The Bertz CT molecular complexity index is 1170. The minimum Gasteiger partial charge on any atom is -0.508 e. The van der Waals surface area contributed by atoms with Crippen LogP contribution in [-0.4, -0.2) is 23.2 Å². The molecule has 0 unspecified atom stereocenters. The fourth-order valence-electron chi connectivity index (χ4n) is 3.19. The van der Waals surface area contributed by atoms with Crippen LogP contribution in [-0.2, 0) is 14.9 Å². The summed E-state index contributed by atoms with van der Waals surface area (Å²) < 4.78 is 34.0. The third kappa shape index (κ3) is 3.65. The molecule has 0 fully saturated rings. The average molecular weight is 494 g/mol. The van der Waals surface area contributed by atoms with E-state index in [1.165, 1.54) is 42.5 Å². The van der Waals surface area contributed by atoms with Gasteiger partial charge in [0.15, 0.2) is 4.75 Å². The highest BCUT2D eigenvalue weighted by molar-refractivity contribution is 7.87. The molecule has 29 heavy (non-hydrogen) atoms. The molecule has 152 valence electrons. The van der Waals surface area contributed by atoms with Crippen LogP contribution in [0.2, 0.25) is 20.1 Å². The number of hydrogen-bond acceptors (Lipinski definition) is 4. The first-order chi connectivity index (χ1) is 13.5. The average Bonchev–Trinajstić information content (AvgIpc) is 2.64. The Hall–Kier alpha value is -1.67. The van der Waals surface area contributed by atoms with Crippen molar-refractivity contribution in [3.8, 4) is 11.5 Å². The van der Waals surface area contributed by atoms with Crippen molar-refractivity contribution in [2.45, 2.75) is 4.75 Å². The molecule has 10 heteroatoms. The number of benzene rings is 3. The van der Waals surface area contributed by atoms with Gasteiger partial charge in [0.05, 0.1) is 20.1 Å². The summed E-state index contributed by atoms with van der Waals surface area (Å²) in [5.41, 5.74) is -0.346. The maximum Gasteiger partial charge on any atom is 0.283 e. The third-order valence-corrected chi connectivity index (χ3v) is 7.59. The summed E-state index contributed by atoms with van der Waals surface area (Å²) in [4.78, 5) is 0. The van der Waals surface area contributed by atoms with Crippen LogP contribution in [0.5, 0.6) is 11.5 Å². The van der Waals surface area contributed by atoms with Gasteiger partial charge in [-0.2, -0.15) is 8.42 Å². The highest BCUT2D eigenvalue weighted by Gasteiger charge is 2.50. The van der Waals surface area contributed by atoms with Gasteiger partial charge in [0.2, 0.25) is 0 Å². The van der Waals surface area contributed by atoms with Crippen molar-refractivity contribution in [1.29, 1.82) is 0 Å². The lowest BCUT2D eigenvalue weighted by molar-refractivity contribution is 0.455. The van der Waals surface area contributed by atoms with E-state index in [-0.39, 0.29) is 48.3 Å². The maximum absolute atomic E-state index is 13.0. The van der Waals surface area contributed by atoms with Crippen LogP contribution < -0.4 is 0 Å². The summed E-state index contributed by atoms with van der Waals surface area (Å²) in [6.07, 6.45) is 0. The molecule has 0 aliphatic rings. The molecule has 0 spiro atoms. The maximum atomic E-state index is 13.0. The standard InChI is InChI=1S/C19H12Cl4O5S/c20-15-9-14(16(21)18(23)17(15)22)19(29(26,27)28,10-3-1-5-12(24)7-10)11-4-2-6-13(25)8-11/h1-9,24-25H,(H,26,27,28). The number of phenolic OH excluding ortho intramolecular Hbond substituents is 2. The van der Waals surface area contributed by atoms with Gasteiger partial charge < -0.3 is 10.2 Å². The molecular weight excluding hydrogens is 482 g/mol. The molecule has 0 saturated carbocycles. The van der Waals surface area contributed by atoms with Gasteiger partial charge in [-0.3, -0.25) is 4.55 Å². The summed E-state index contributed by atoms with van der Waals surface area (Å²) in [6, 6.07) is 11.6. The fourth-order valence-corrected chi connectivity index (χ4v) is 5.48. The van der Waals surface area contributed by atoms with Crippen LogP contribution in [0.1, 0.15) is 16.7 Å². The van der Waals surface area contributed by atoms with Crippen LogP contribution in [0.3, 0.4) is 0 Å². The molecule has 0 atom stereocenters. The molecule has 0 radical (unpaired) electrons. The second-order valence-corrected chi connectivity index (χ2v) is 9.21. The Balaban J connectivity index is 2.62. The fraction of sp³-hybridized carbons (Fsp3) is 0.0526. The SMILES string of the molecule is O=S(=O)(O)C(c1cccc(O)c1)(c1cccc(O)c1)c1cc(Cl)c(Cl)c(Cl)c1Cl. The lowest BCUT2D eigenvalue weighted by atomic mass is 9.83. The Morgan fingerprint density at radius 2 is 1.21 bits per heavy atom. The zero-order chi connectivity index (χ0) is 21.6. The third-order valence-electron chi connectivity index (χ3n) is 4.37. The van der Waals surface area contributed by atoms with E-state index in [9.17, 15) is 23.2 Å². The molecule has 0 heterocycles. The molecule has 0 aliphatic carbocycles. The molecule has 0 saturated heterocycles. The van der Waals surface area contributed by atoms with E-state index < -0.39 is 14.9 Å². The van der Waals surface area contributed by atoms with E-state index in [1.807, 2.05) is 0 Å². The van der Waals surface area contributed by atoms with E-state index in [1.54, 1.807) is 0 Å². The van der Waals surface area contributed by atoms with E-state index in [0.29, 0.717) is 0 Å². The second kappa shape index (κ2) is 7.87. The van der Waals surface area contributed by atoms with Crippen molar-refractivity contribution < 1.29 is 23.2 Å². The van der Waals surface area contributed by atoms with Gasteiger partial charge in [0, 0.05) is 5.56 Å². The van der Waals surface area contributed by atoms with Crippen molar-refractivity contribution in [2.75, 3.05) is 0 Å². The van der Waals surface area contributed by atoms with Gasteiger partial charge in [-0.25, -0.2) is 0 Å². The zero-order valence-electron chi connectivity index (χ0n) is 14.3. The van der Waals surface area contributed by atoms with Crippen LogP contribution in [0, 0.1) is 0 Å². The van der Waals surface area contributed by atoms with Gasteiger partial charge >= 0.3 is 0 Å². The minimum absolute atomic E-state index is 0.0676. The summed E-state index contributed by atoms with van der Waals surface area (Å²) in [6.45, 7) is 0. The van der Waals surface area contributed by atoms with Crippen LogP contribution in [0.25, 0.3) is 0 Å². The van der Waals surface area contributed by atoms with Gasteiger partial charge in [-0.1, -0.05) is 70.7 Å². The highest BCUT2D eigenvalue weighted by Crippen LogP contribution is 2.51. The van der Waals surface area contributed by atoms with E-state index in [4.69, 9.17) is 46.4 Å². The molecule has 3 aromatic carbocycles. The summed E-state index contributed by atoms with van der Waals surface area (Å²) >= 11 is 24.7. The van der Waals surface area contributed by atoms with Crippen molar-refractivity contribution in [3.63, 3.8) is 0 Å². The molecule has 3 N–H and O–H groups in total. The first kappa shape index (κ1) is 22.0. The van der Waals surface area contributed by atoms with E-state index in [2.05, 4.69) is 0 Å². The molecule has 0 bridgehead atoms. The second-order valence-electron chi connectivity index (χ2n) is 6.10. The molecule has 0 aromatic heterocycles.